The van der Waals surface area contributed by atoms with Crippen molar-refractivity contribution >= 4 is 33.7 Å². The molecule has 0 spiro atoms. The molecule has 0 atom stereocenters. The summed E-state index contributed by atoms with van der Waals surface area (Å²) in [5.74, 6) is -0.534. The fourth-order valence-corrected chi connectivity index (χ4v) is 2.96. The summed E-state index contributed by atoms with van der Waals surface area (Å²) in [5.41, 5.74) is 0.484. The summed E-state index contributed by atoms with van der Waals surface area (Å²) in [6.45, 7) is 1.81. The van der Waals surface area contributed by atoms with Crippen molar-refractivity contribution in [1.29, 1.82) is 0 Å². The highest BCUT2D eigenvalue weighted by molar-refractivity contribution is 9.10. The molecule has 130 valence electrons. The first-order valence-electron chi connectivity index (χ1n) is 8.14. The van der Waals surface area contributed by atoms with Gasteiger partial charge in [-0.3, -0.25) is 14.4 Å². The molecule has 0 aromatic heterocycles. The van der Waals surface area contributed by atoms with E-state index in [9.17, 15) is 14.4 Å². The monoisotopic (exact) mass is 395 g/mol. The highest BCUT2D eigenvalue weighted by atomic mass is 79.9. The number of amides is 3. The number of nitrogens with one attached hydrogen (secondary N) is 2. The van der Waals surface area contributed by atoms with E-state index in [0.717, 1.165) is 30.4 Å². The summed E-state index contributed by atoms with van der Waals surface area (Å²) >= 11 is 3.30. The fraction of sp³-hybridized carbons (Fsp3) is 0.471. The Balaban J connectivity index is 1.64. The maximum absolute atomic E-state index is 12.0. The Labute approximate surface area is 150 Å². The zero-order valence-corrected chi connectivity index (χ0v) is 15.1. The molecule has 1 fully saturated rings. The van der Waals surface area contributed by atoms with E-state index in [0.29, 0.717) is 18.5 Å². The Morgan fingerprint density at radius 1 is 1.08 bits per heavy atom. The van der Waals surface area contributed by atoms with E-state index in [2.05, 4.69) is 26.6 Å². The second-order valence-electron chi connectivity index (χ2n) is 5.73. The molecular formula is C17H22BrN3O3. The molecule has 0 aliphatic carbocycles. The van der Waals surface area contributed by atoms with E-state index < -0.39 is 0 Å². The molecule has 24 heavy (non-hydrogen) atoms. The van der Waals surface area contributed by atoms with Gasteiger partial charge in [-0.25, -0.2) is 0 Å². The first kappa shape index (κ1) is 18.4. The Bertz CT molecular complexity index is 600. The molecule has 1 aliphatic rings. The summed E-state index contributed by atoms with van der Waals surface area (Å²) < 4.78 is 0.802. The van der Waals surface area contributed by atoms with Crippen molar-refractivity contribution < 1.29 is 14.4 Å². The Morgan fingerprint density at radius 2 is 1.83 bits per heavy atom. The number of hydrogen-bond acceptors (Lipinski definition) is 3. The highest BCUT2D eigenvalue weighted by Crippen LogP contribution is 2.11. The summed E-state index contributed by atoms with van der Waals surface area (Å²) in [6, 6.07) is 6.94. The largest absolute Gasteiger partial charge is 0.354 e. The van der Waals surface area contributed by atoms with Gasteiger partial charge in [0.1, 0.15) is 0 Å². The molecule has 2 rings (SSSR count). The van der Waals surface area contributed by atoms with Crippen LogP contribution in [-0.4, -0.2) is 48.8 Å². The lowest BCUT2D eigenvalue weighted by molar-refractivity contribution is -0.132. The number of carbonyl (C=O) groups is 3. The maximum atomic E-state index is 12.0. The second-order valence-corrected chi connectivity index (χ2v) is 6.65. The van der Waals surface area contributed by atoms with Gasteiger partial charge in [0.15, 0.2) is 0 Å². The van der Waals surface area contributed by atoms with Gasteiger partial charge in [0.2, 0.25) is 11.8 Å². The van der Waals surface area contributed by atoms with Crippen LogP contribution in [0, 0.1) is 0 Å². The first-order chi connectivity index (χ1) is 11.6. The van der Waals surface area contributed by atoms with E-state index in [1.165, 1.54) is 6.42 Å². The maximum Gasteiger partial charge on any atom is 0.251 e. The van der Waals surface area contributed by atoms with E-state index in [4.69, 9.17) is 0 Å². The predicted molar refractivity (Wildman–Crippen MR) is 94.5 cm³/mol. The van der Waals surface area contributed by atoms with Crippen molar-refractivity contribution in [2.24, 2.45) is 0 Å². The van der Waals surface area contributed by atoms with E-state index >= 15 is 0 Å². The van der Waals surface area contributed by atoms with E-state index in [-0.39, 0.29) is 24.3 Å². The zero-order valence-electron chi connectivity index (χ0n) is 13.5. The van der Waals surface area contributed by atoms with Gasteiger partial charge in [-0.1, -0.05) is 22.0 Å². The van der Waals surface area contributed by atoms with Gasteiger partial charge < -0.3 is 15.5 Å². The van der Waals surface area contributed by atoms with Crippen LogP contribution in [-0.2, 0) is 9.59 Å². The minimum absolute atomic E-state index is 0.0770. The molecule has 0 unspecified atom stereocenters. The molecule has 6 nitrogen and oxygen atoms in total. The van der Waals surface area contributed by atoms with Crippen LogP contribution >= 0.6 is 15.9 Å². The lowest BCUT2D eigenvalue weighted by Crippen LogP contribution is -2.40. The van der Waals surface area contributed by atoms with E-state index in [1.54, 1.807) is 18.2 Å². The van der Waals surface area contributed by atoms with Gasteiger partial charge in [0, 0.05) is 36.1 Å². The van der Waals surface area contributed by atoms with Crippen LogP contribution < -0.4 is 10.6 Å². The molecular weight excluding hydrogens is 374 g/mol. The third-order valence-corrected chi connectivity index (χ3v) is 4.36. The van der Waals surface area contributed by atoms with Crippen molar-refractivity contribution in [2.75, 3.05) is 26.2 Å². The fourth-order valence-electron chi connectivity index (χ4n) is 2.57. The molecule has 1 aromatic rings. The van der Waals surface area contributed by atoms with Crippen LogP contribution in [0.4, 0.5) is 0 Å². The molecule has 0 saturated carbocycles. The number of rotatable bonds is 6. The van der Waals surface area contributed by atoms with Crippen molar-refractivity contribution in [1.82, 2.24) is 15.5 Å². The van der Waals surface area contributed by atoms with E-state index in [1.807, 2.05) is 11.0 Å². The lowest BCUT2D eigenvalue weighted by atomic mass is 10.1. The standard InChI is InChI=1S/C17H22BrN3O3/c18-14-6-4-5-13(11-14)17(24)20-12-15(22)19-8-7-16(23)21-9-2-1-3-10-21/h4-6,11H,1-3,7-10,12H2,(H,19,22)(H,20,24). The number of nitrogens with zero attached hydrogens (tertiary/aromatic N) is 1. The predicted octanol–water partition coefficient (Wildman–Crippen LogP) is 1.70. The highest BCUT2D eigenvalue weighted by Gasteiger charge is 2.16. The second kappa shape index (κ2) is 9.42. The number of hydrogen-bond donors (Lipinski definition) is 2. The molecule has 3 amide bonds. The molecule has 1 heterocycles. The molecule has 0 radical (unpaired) electrons. The summed E-state index contributed by atoms with van der Waals surface area (Å²) in [5, 5.41) is 5.22. The molecule has 2 N–H and O–H groups in total. The van der Waals surface area contributed by atoms with Crippen molar-refractivity contribution in [3.63, 3.8) is 0 Å². The summed E-state index contributed by atoms with van der Waals surface area (Å²) in [7, 11) is 0. The first-order valence-corrected chi connectivity index (χ1v) is 8.94. The third-order valence-electron chi connectivity index (χ3n) is 3.87. The molecule has 0 bridgehead atoms. The summed E-state index contributed by atoms with van der Waals surface area (Å²) in [4.78, 5) is 37.5. The SMILES string of the molecule is O=C(CNC(=O)c1cccc(Br)c1)NCCC(=O)N1CCCCC1. The van der Waals surface area contributed by atoms with Crippen LogP contribution in [0.2, 0.25) is 0 Å². The number of piperidine rings is 1. The summed E-state index contributed by atoms with van der Waals surface area (Å²) in [6.07, 6.45) is 3.59. The number of benzene rings is 1. The van der Waals surface area contributed by atoms with Crippen LogP contribution in [0.3, 0.4) is 0 Å². The van der Waals surface area contributed by atoms with Crippen LogP contribution in [0.25, 0.3) is 0 Å². The Hall–Kier alpha value is -1.89. The van der Waals surface area contributed by atoms with Crippen molar-refractivity contribution in [3.8, 4) is 0 Å². The van der Waals surface area contributed by atoms with Gasteiger partial charge in [-0.05, 0) is 37.5 Å². The third kappa shape index (κ3) is 5.96. The van der Waals surface area contributed by atoms with Crippen LogP contribution in [0.1, 0.15) is 36.0 Å². The minimum Gasteiger partial charge on any atom is -0.354 e. The molecule has 1 aromatic carbocycles. The number of halogens is 1. The quantitative estimate of drug-likeness (QED) is 0.769. The topological polar surface area (TPSA) is 78.5 Å². The van der Waals surface area contributed by atoms with Crippen molar-refractivity contribution in [2.45, 2.75) is 25.7 Å². The number of carbonyl (C=O) groups excluding carboxylic acids is 3. The molecule has 1 saturated heterocycles. The average Bonchev–Trinajstić information content (AvgIpc) is 2.60. The smallest absolute Gasteiger partial charge is 0.251 e. The lowest BCUT2D eigenvalue weighted by Gasteiger charge is -2.26. The Morgan fingerprint density at radius 3 is 2.54 bits per heavy atom. The zero-order chi connectivity index (χ0) is 17.4. The van der Waals surface area contributed by atoms with Gasteiger partial charge in [0.05, 0.1) is 6.54 Å². The number of likely N-dealkylation sites (tertiary alicyclic amines) is 1. The van der Waals surface area contributed by atoms with Gasteiger partial charge in [-0.15, -0.1) is 0 Å². The Kier molecular flexibility index (Phi) is 7.24. The normalized spacial score (nSPS) is 14.1. The van der Waals surface area contributed by atoms with Gasteiger partial charge >= 0.3 is 0 Å². The molecule has 7 heteroatoms. The minimum atomic E-state index is -0.309. The van der Waals surface area contributed by atoms with Crippen molar-refractivity contribution in [3.05, 3.63) is 34.3 Å². The average molecular weight is 396 g/mol. The van der Waals surface area contributed by atoms with Crippen LogP contribution in [0.15, 0.2) is 28.7 Å². The molecule has 1 aliphatic heterocycles. The van der Waals surface area contributed by atoms with Gasteiger partial charge in [-0.2, -0.15) is 0 Å². The van der Waals surface area contributed by atoms with Crippen LogP contribution in [0.5, 0.6) is 0 Å². The van der Waals surface area contributed by atoms with Gasteiger partial charge in [0.25, 0.3) is 5.91 Å².